The summed E-state index contributed by atoms with van der Waals surface area (Å²) in [5.74, 6) is 0. The van der Waals surface area contributed by atoms with E-state index >= 15 is 0 Å². The molecule has 2 rings (SSSR count). The summed E-state index contributed by atoms with van der Waals surface area (Å²) in [6.45, 7) is 6.81. The molecule has 0 N–H and O–H groups in total. The van der Waals surface area contributed by atoms with Crippen molar-refractivity contribution in [1.29, 1.82) is 0 Å². The van der Waals surface area contributed by atoms with Gasteiger partial charge >= 0.3 is 0 Å². The zero-order chi connectivity index (χ0) is 31.3. The van der Waals surface area contributed by atoms with Gasteiger partial charge in [-0.1, -0.05) is 173 Å². The van der Waals surface area contributed by atoms with Crippen molar-refractivity contribution in [3.8, 4) is 0 Å². The number of aryl methyl sites for hydroxylation is 1. The van der Waals surface area contributed by atoms with Gasteiger partial charge in [0.25, 0.3) is 0 Å². The van der Waals surface area contributed by atoms with E-state index in [2.05, 4.69) is 75.4 Å². The van der Waals surface area contributed by atoms with Crippen LogP contribution in [0.4, 0.5) is 11.4 Å². The average molecular weight is 660 g/mol. The fourth-order valence-electron chi connectivity index (χ4n) is 6.00. The monoisotopic (exact) mass is 658 g/mol. The summed E-state index contributed by atoms with van der Waals surface area (Å²) in [5.41, 5.74) is 5.87. The van der Waals surface area contributed by atoms with Gasteiger partial charge in [-0.25, -0.2) is 0 Å². The van der Waals surface area contributed by atoms with E-state index in [0.717, 1.165) is 42.8 Å². The van der Waals surface area contributed by atoms with Crippen LogP contribution in [0.2, 0.25) is 0 Å². The molecule has 0 amide bonds. The number of para-hydroxylation sites is 1. The van der Waals surface area contributed by atoms with Gasteiger partial charge in [0.15, 0.2) is 0 Å². The van der Waals surface area contributed by atoms with Crippen molar-refractivity contribution >= 4 is 22.8 Å². The molecule has 2 aromatic carbocycles. The molecule has 0 fully saturated rings. The molecule has 0 bridgehead atoms. The standard InChI is InChI=1S/C42H68N2.Ni/c1-4-7-10-11-12-13-14-15-16-17-18-19-20-21-22-23-24-26-29-38-34-36-40(37-35-38)44-42(33-9-6-3)41(32-8-5-2)43-39-30-27-25-28-31-39;/h25,27-28,30-31,34-37H,4-24,26,29,32-33H2,1-3H3;. The van der Waals surface area contributed by atoms with E-state index in [1.165, 1.54) is 146 Å². The minimum atomic E-state index is 0. The van der Waals surface area contributed by atoms with Gasteiger partial charge in [-0.15, -0.1) is 0 Å². The molecule has 0 aliphatic heterocycles. The van der Waals surface area contributed by atoms with Gasteiger partial charge in [0.05, 0.1) is 22.8 Å². The van der Waals surface area contributed by atoms with Gasteiger partial charge < -0.3 is 0 Å². The molecule has 0 aromatic heterocycles. The fourth-order valence-corrected chi connectivity index (χ4v) is 6.00. The summed E-state index contributed by atoms with van der Waals surface area (Å²) in [6, 6.07) is 19.4. The van der Waals surface area contributed by atoms with Crippen LogP contribution < -0.4 is 0 Å². The average Bonchev–Trinajstić information content (AvgIpc) is 3.05. The van der Waals surface area contributed by atoms with Crippen LogP contribution in [0, 0.1) is 0 Å². The van der Waals surface area contributed by atoms with Crippen molar-refractivity contribution in [3.05, 3.63) is 60.2 Å². The van der Waals surface area contributed by atoms with Crippen molar-refractivity contribution in [2.45, 2.75) is 181 Å². The molecule has 3 heteroatoms. The normalized spacial score (nSPS) is 12.0. The number of unbranched alkanes of at least 4 members (excludes halogenated alkanes) is 19. The maximum atomic E-state index is 5.16. The van der Waals surface area contributed by atoms with Gasteiger partial charge in [-0.3, -0.25) is 9.98 Å². The first-order chi connectivity index (χ1) is 21.8. The van der Waals surface area contributed by atoms with Crippen molar-refractivity contribution in [2.24, 2.45) is 9.98 Å². The summed E-state index contributed by atoms with van der Waals surface area (Å²) in [7, 11) is 0. The van der Waals surface area contributed by atoms with Crippen LogP contribution in [0.5, 0.6) is 0 Å². The third-order valence-electron chi connectivity index (χ3n) is 8.91. The predicted octanol–water partition coefficient (Wildman–Crippen LogP) is 14.5. The van der Waals surface area contributed by atoms with E-state index < -0.39 is 0 Å². The minimum Gasteiger partial charge on any atom is -0.252 e. The molecule has 45 heavy (non-hydrogen) atoms. The van der Waals surface area contributed by atoms with Crippen molar-refractivity contribution < 1.29 is 16.5 Å². The number of aliphatic imine (C=N–C) groups is 2. The first kappa shape index (κ1) is 41.3. The third kappa shape index (κ3) is 21.7. The number of nitrogens with zero attached hydrogens (tertiary/aromatic N) is 2. The number of benzene rings is 2. The van der Waals surface area contributed by atoms with E-state index in [0.29, 0.717) is 0 Å². The van der Waals surface area contributed by atoms with Crippen LogP contribution in [-0.4, -0.2) is 11.4 Å². The molecule has 0 heterocycles. The Hall–Kier alpha value is -1.73. The first-order valence-corrected chi connectivity index (χ1v) is 19.1. The Morgan fingerprint density at radius 2 is 0.756 bits per heavy atom. The third-order valence-corrected chi connectivity index (χ3v) is 8.91. The summed E-state index contributed by atoms with van der Waals surface area (Å²) < 4.78 is 0. The van der Waals surface area contributed by atoms with Crippen LogP contribution in [-0.2, 0) is 22.9 Å². The van der Waals surface area contributed by atoms with Crippen LogP contribution in [0.25, 0.3) is 0 Å². The zero-order valence-electron chi connectivity index (χ0n) is 29.6. The summed E-state index contributed by atoms with van der Waals surface area (Å²) in [5, 5.41) is 0. The number of rotatable bonds is 28. The molecule has 0 saturated heterocycles. The maximum Gasteiger partial charge on any atom is 0.0633 e. The maximum absolute atomic E-state index is 5.16. The van der Waals surface area contributed by atoms with Crippen LogP contribution >= 0.6 is 0 Å². The zero-order valence-corrected chi connectivity index (χ0v) is 30.6. The number of hydrogen-bond donors (Lipinski definition) is 0. The summed E-state index contributed by atoms with van der Waals surface area (Å²) in [6.07, 6.45) is 33.5. The molecule has 0 aliphatic carbocycles. The molecule has 0 aliphatic rings. The molecule has 0 atom stereocenters. The summed E-state index contributed by atoms with van der Waals surface area (Å²) >= 11 is 0. The van der Waals surface area contributed by atoms with E-state index in [1.54, 1.807) is 0 Å². The quantitative estimate of drug-likeness (QED) is 0.0493. The Kier molecular flexibility index (Phi) is 27.2. The van der Waals surface area contributed by atoms with Gasteiger partial charge in [0, 0.05) is 16.5 Å². The molecule has 2 nitrogen and oxygen atoms in total. The molecular formula is C42H68N2Ni. The molecule has 256 valence electrons. The molecule has 0 spiro atoms. The largest absolute Gasteiger partial charge is 0.252 e. The second-order valence-electron chi connectivity index (χ2n) is 13.1. The Morgan fingerprint density at radius 3 is 1.16 bits per heavy atom. The Morgan fingerprint density at radius 1 is 0.400 bits per heavy atom. The van der Waals surface area contributed by atoms with Crippen LogP contribution in [0.3, 0.4) is 0 Å². The Bertz CT molecular complexity index is 980. The molecular weight excluding hydrogens is 591 g/mol. The van der Waals surface area contributed by atoms with Gasteiger partial charge in [-0.2, -0.15) is 0 Å². The molecule has 0 radical (unpaired) electrons. The Balaban J connectivity index is 0.0000101. The van der Waals surface area contributed by atoms with Gasteiger partial charge in [-0.05, 0) is 68.4 Å². The van der Waals surface area contributed by atoms with Gasteiger partial charge in [0.2, 0.25) is 0 Å². The molecule has 0 saturated carbocycles. The smallest absolute Gasteiger partial charge is 0.0633 e. The van der Waals surface area contributed by atoms with Crippen molar-refractivity contribution in [3.63, 3.8) is 0 Å². The molecule has 0 unspecified atom stereocenters. The van der Waals surface area contributed by atoms with Gasteiger partial charge in [0.1, 0.15) is 0 Å². The second-order valence-corrected chi connectivity index (χ2v) is 13.1. The fraction of sp³-hybridized carbons (Fsp3) is 0.667. The van der Waals surface area contributed by atoms with E-state index in [4.69, 9.17) is 9.98 Å². The van der Waals surface area contributed by atoms with Crippen LogP contribution in [0.15, 0.2) is 64.6 Å². The second kappa shape index (κ2) is 29.7. The topological polar surface area (TPSA) is 24.7 Å². The van der Waals surface area contributed by atoms with E-state index in [-0.39, 0.29) is 16.5 Å². The number of hydrogen-bond acceptors (Lipinski definition) is 2. The minimum absolute atomic E-state index is 0. The first-order valence-electron chi connectivity index (χ1n) is 19.1. The Labute approximate surface area is 289 Å². The summed E-state index contributed by atoms with van der Waals surface area (Å²) in [4.78, 5) is 10.2. The van der Waals surface area contributed by atoms with Crippen molar-refractivity contribution in [2.75, 3.05) is 0 Å². The van der Waals surface area contributed by atoms with E-state index in [1.807, 2.05) is 0 Å². The SMILES string of the molecule is CCCCCCCCCCCCCCCCCCCCc1ccc(N=C(CCCC)C(CCCC)=Nc2ccccc2)cc1.[Ni]. The molecule has 2 aromatic rings. The van der Waals surface area contributed by atoms with E-state index in [9.17, 15) is 0 Å². The van der Waals surface area contributed by atoms with Crippen LogP contribution in [0.1, 0.15) is 180 Å². The predicted molar refractivity (Wildman–Crippen MR) is 199 cm³/mol. The van der Waals surface area contributed by atoms with Crippen molar-refractivity contribution in [1.82, 2.24) is 0 Å².